The van der Waals surface area contributed by atoms with Crippen molar-refractivity contribution in [2.75, 3.05) is 5.75 Å². The molecule has 0 rings (SSSR count). The predicted molar refractivity (Wildman–Crippen MR) is 106 cm³/mol. The van der Waals surface area contributed by atoms with Crippen molar-refractivity contribution in [2.45, 2.75) is 110 Å². The van der Waals surface area contributed by atoms with Gasteiger partial charge in [0.25, 0.3) is 0 Å². The van der Waals surface area contributed by atoms with Gasteiger partial charge in [0, 0.05) is 0 Å². The molecule has 0 aromatic rings. The van der Waals surface area contributed by atoms with E-state index in [1.54, 1.807) is 0 Å². The standard InChI is InChI=1S/C21H40S/c1-3-21(4-2)19-17-15-13-11-9-7-5-6-8-10-12-14-16-18-20-22/h22H,1,4-20H2,2H3. The minimum atomic E-state index is 1.06. The van der Waals surface area contributed by atoms with Gasteiger partial charge >= 0.3 is 0 Å². The minimum Gasteiger partial charge on any atom is -0.179 e. The van der Waals surface area contributed by atoms with Gasteiger partial charge in [0.2, 0.25) is 0 Å². The molecule has 0 aromatic heterocycles. The molecule has 0 radical (unpaired) electrons. The molecule has 0 spiro atoms. The van der Waals surface area contributed by atoms with Crippen LogP contribution in [0.15, 0.2) is 17.9 Å². The first-order valence-corrected chi connectivity index (χ1v) is 10.5. The normalized spacial score (nSPS) is 10.6. The lowest BCUT2D eigenvalue weighted by atomic mass is 10.0. The Morgan fingerprint density at radius 2 is 1.05 bits per heavy atom. The number of allylic oxidation sites excluding steroid dienone is 1. The van der Waals surface area contributed by atoms with Crippen LogP contribution < -0.4 is 0 Å². The zero-order valence-electron chi connectivity index (χ0n) is 15.2. The monoisotopic (exact) mass is 324 g/mol. The summed E-state index contributed by atoms with van der Waals surface area (Å²) < 4.78 is 0. The van der Waals surface area contributed by atoms with Crippen LogP contribution in [0, 0.1) is 0 Å². The first-order chi connectivity index (χ1) is 10.8. The molecule has 0 N–H and O–H groups in total. The molecule has 0 bridgehead atoms. The van der Waals surface area contributed by atoms with Crippen LogP contribution in [0.3, 0.4) is 0 Å². The molecule has 0 atom stereocenters. The van der Waals surface area contributed by atoms with Gasteiger partial charge in [0.1, 0.15) is 0 Å². The van der Waals surface area contributed by atoms with Gasteiger partial charge in [-0.15, -0.1) is 5.73 Å². The highest BCUT2D eigenvalue weighted by Crippen LogP contribution is 2.15. The Morgan fingerprint density at radius 1 is 0.682 bits per heavy atom. The molecule has 0 aliphatic rings. The number of unbranched alkanes of at least 4 members (excludes halogenated alkanes) is 13. The zero-order valence-corrected chi connectivity index (χ0v) is 16.1. The molecule has 0 aliphatic carbocycles. The van der Waals surface area contributed by atoms with Crippen LogP contribution in [0.4, 0.5) is 0 Å². The molecule has 0 heterocycles. The fraction of sp³-hybridized carbons (Fsp3) is 0.857. The van der Waals surface area contributed by atoms with Gasteiger partial charge in [-0.05, 0) is 37.0 Å². The van der Waals surface area contributed by atoms with Gasteiger partial charge in [-0.1, -0.05) is 90.6 Å². The molecule has 0 aliphatic heterocycles. The Bertz CT molecular complexity index is 263. The summed E-state index contributed by atoms with van der Waals surface area (Å²) in [6, 6.07) is 0. The van der Waals surface area contributed by atoms with Crippen LogP contribution in [0.1, 0.15) is 110 Å². The second kappa shape index (κ2) is 18.9. The van der Waals surface area contributed by atoms with E-state index >= 15 is 0 Å². The van der Waals surface area contributed by atoms with Gasteiger partial charge < -0.3 is 0 Å². The smallest absolute Gasteiger partial charge is 0.00979 e. The minimum absolute atomic E-state index is 1.06. The maximum atomic E-state index is 4.25. The van der Waals surface area contributed by atoms with E-state index in [2.05, 4.69) is 31.9 Å². The van der Waals surface area contributed by atoms with Crippen molar-refractivity contribution < 1.29 is 0 Å². The molecular weight excluding hydrogens is 284 g/mol. The maximum absolute atomic E-state index is 4.25. The molecule has 0 saturated carbocycles. The number of rotatable bonds is 17. The van der Waals surface area contributed by atoms with E-state index in [0.717, 1.165) is 12.2 Å². The van der Waals surface area contributed by atoms with Crippen molar-refractivity contribution in [2.24, 2.45) is 0 Å². The van der Waals surface area contributed by atoms with Crippen molar-refractivity contribution in [3.63, 3.8) is 0 Å². The molecular formula is C21H40S. The van der Waals surface area contributed by atoms with Crippen LogP contribution in [0.5, 0.6) is 0 Å². The van der Waals surface area contributed by atoms with Crippen molar-refractivity contribution in [3.05, 3.63) is 17.9 Å². The SMILES string of the molecule is C=C=C(CC)CCCCCCCCCCCCCCCCS. The second-order valence-corrected chi connectivity index (χ2v) is 7.00. The van der Waals surface area contributed by atoms with Gasteiger partial charge in [0.15, 0.2) is 0 Å². The van der Waals surface area contributed by atoms with Crippen LogP contribution >= 0.6 is 12.6 Å². The third-order valence-electron chi connectivity index (χ3n) is 4.56. The molecule has 0 aromatic carbocycles. The van der Waals surface area contributed by atoms with Gasteiger partial charge in [0.05, 0.1) is 0 Å². The van der Waals surface area contributed by atoms with E-state index in [4.69, 9.17) is 0 Å². The zero-order chi connectivity index (χ0) is 16.3. The molecule has 1 heteroatoms. The van der Waals surface area contributed by atoms with Crippen molar-refractivity contribution in [1.82, 2.24) is 0 Å². The third kappa shape index (κ3) is 16.2. The highest BCUT2D eigenvalue weighted by atomic mass is 32.1. The van der Waals surface area contributed by atoms with E-state index in [1.807, 2.05) is 0 Å². The number of hydrogen-bond acceptors (Lipinski definition) is 1. The van der Waals surface area contributed by atoms with Gasteiger partial charge in [-0.25, -0.2) is 0 Å². The summed E-state index contributed by atoms with van der Waals surface area (Å²) in [6.45, 7) is 5.96. The van der Waals surface area contributed by atoms with Crippen LogP contribution in [0.25, 0.3) is 0 Å². The molecule has 22 heavy (non-hydrogen) atoms. The summed E-state index contributed by atoms with van der Waals surface area (Å²) in [4.78, 5) is 0. The lowest BCUT2D eigenvalue weighted by Crippen LogP contribution is -1.84. The molecule has 0 fully saturated rings. The van der Waals surface area contributed by atoms with E-state index < -0.39 is 0 Å². The Morgan fingerprint density at radius 3 is 1.36 bits per heavy atom. The second-order valence-electron chi connectivity index (χ2n) is 6.56. The fourth-order valence-corrected chi connectivity index (χ4v) is 3.19. The summed E-state index contributed by atoms with van der Waals surface area (Å²) in [6.07, 6.45) is 22.1. The Balaban J connectivity index is 3.07. The van der Waals surface area contributed by atoms with Gasteiger partial charge in [-0.2, -0.15) is 12.6 Å². The molecule has 130 valence electrons. The lowest BCUT2D eigenvalue weighted by molar-refractivity contribution is 0.535. The average Bonchev–Trinajstić information content (AvgIpc) is 2.55. The summed E-state index contributed by atoms with van der Waals surface area (Å²) >= 11 is 4.25. The average molecular weight is 325 g/mol. The van der Waals surface area contributed by atoms with E-state index in [0.29, 0.717) is 0 Å². The molecule has 0 nitrogen and oxygen atoms in total. The maximum Gasteiger partial charge on any atom is -0.00979 e. The fourth-order valence-electron chi connectivity index (χ4n) is 2.96. The quantitative estimate of drug-likeness (QED) is 0.157. The largest absolute Gasteiger partial charge is 0.179 e. The predicted octanol–water partition coefficient (Wildman–Crippen LogP) is 7.89. The lowest BCUT2D eigenvalue weighted by Gasteiger charge is -2.04. The van der Waals surface area contributed by atoms with Crippen LogP contribution in [-0.4, -0.2) is 5.75 Å². The third-order valence-corrected chi connectivity index (χ3v) is 4.88. The van der Waals surface area contributed by atoms with Crippen molar-refractivity contribution in [3.8, 4) is 0 Å². The van der Waals surface area contributed by atoms with Crippen LogP contribution in [-0.2, 0) is 0 Å². The van der Waals surface area contributed by atoms with Crippen molar-refractivity contribution in [1.29, 1.82) is 0 Å². The van der Waals surface area contributed by atoms with E-state index in [9.17, 15) is 0 Å². The Labute approximate surface area is 146 Å². The van der Waals surface area contributed by atoms with Crippen LogP contribution in [0.2, 0.25) is 0 Å². The highest BCUT2D eigenvalue weighted by molar-refractivity contribution is 7.80. The molecule has 0 saturated heterocycles. The number of thiol groups is 1. The molecule has 0 amide bonds. The first kappa shape index (κ1) is 21.9. The summed E-state index contributed by atoms with van der Waals surface area (Å²) in [7, 11) is 0. The first-order valence-electron chi connectivity index (χ1n) is 9.83. The van der Waals surface area contributed by atoms with Crippen molar-refractivity contribution >= 4 is 12.6 Å². The number of hydrogen-bond donors (Lipinski definition) is 1. The summed E-state index contributed by atoms with van der Waals surface area (Å²) in [5.41, 5.74) is 4.47. The Kier molecular flexibility index (Phi) is 18.8. The topological polar surface area (TPSA) is 0 Å². The summed E-state index contributed by atoms with van der Waals surface area (Å²) in [5.74, 6) is 1.06. The molecule has 0 unspecified atom stereocenters. The van der Waals surface area contributed by atoms with E-state index in [1.165, 1.54) is 102 Å². The highest BCUT2D eigenvalue weighted by Gasteiger charge is 1.96. The summed E-state index contributed by atoms with van der Waals surface area (Å²) in [5, 5.41) is 0. The Hall–Kier alpha value is -0.130. The van der Waals surface area contributed by atoms with E-state index in [-0.39, 0.29) is 0 Å². The van der Waals surface area contributed by atoms with Gasteiger partial charge in [-0.3, -0.25) is 0 Å².